The van der Waals surface area contributed by atoms with Gasteiger partial charge < -0.3 is 9.84 Å². The van der Waals surface area contributed by atoms with Gasteiger partial charge in [0.25, 0.3) is 0 Å². The van der Waals surface area contributed by atoms with Crippen LogP contribution in [0.5, 0.6) is 5.75 Å². The molecule has 1 aromatic rings. The highest BCUT2D eigenvalue weighted by Gasteiger charge is 2.40. The Morgan fingerprint density at radius 2 is 2.00 bits per heavy atom. The van der Waals surface area contributed by atoms with Crippen LogP contribution in [0.15, 0.2) is 36.9 Å². The summed E-state index contributed by atoms with van der Waals surface area (Å²) in [5.74, 6) is 1.33. The van der Waals surface area contributed by atoms with E-state index >= 15 is 0 Å². The first kappa shape index (κ1) is 10.2. The van der Waals surface area contributed by atoms with Crippen molar-refractivity contribution in [1.29, 1.82) is 0 Å². The summed E-state index contributed by atoms with van der Waals surface area (Å²) >= 11 is 0. The molecule has 0 saturated heterocycles. The van der Waals surface area contributed by atoms with E-state index in [0.717, 1.165) is 18.6 Å². The molecule has 0 atom stereocenters. The minimum Gasteiger partial charge on any atom is -0.497 e. The van der Waals surface area contributed by atoms with Crippen molar-refractivity contribution in [2.75, 3.05) is 7.11 Å². The number of aliphatic hydroxyl groups is 1. The molecule has 1 aliphatic rings. The second-order valence-electron chi connectivity index (χ2n) is 4.19. The minimum absolute atomic E-state index is 0.457. The lowest BCUT2D eigenvalue weighted by molar-refractivity contribution is -0.00312. The van der Waals surface area contributed by atoms with Crippen LogP contribution >= 0.6 is 0 Å². The molecule has 0 unspecified atom stereocenters. The lowest BCUT2D eigenvalue weighted by atomic mass is 9.68. The lowest BCUT2D eigenvalue weighted by Crippen LogP contribution is -2.40. The first-order chi connectivity index (χ1) is 7.17. The predicted molar refractivity (Wildman–Crippen MR) is 60.1 cm³/mol. The van der Waals surface area contributed by atoms with Crippen molar-refractivity contribution in [3.05, 3.63) is 42.5 Å². The summed E-state index contributed by atoms with van der Waals surface area (Å²) in [6.45, 7) is 3.64. The molecule has 0 amide bonds. The van der Waals surface area contributed by atoms with Crippen molar-refractivity contribution in [2.24, 2.45) is 0 Å². The number of benzene rings is 1. The smallest absolute Gasteiger partial charge is 0.118 e. The van der Waals surface area contributed by atoms with Crippen molar-refractivity contribution in [3.8, 4) is 5.75 Å². The van der Waals surface area contributed by atoms with E-state index < -0.39 is 5.60 Å². The van der Waals surface area contributed by atoms with Crippen molar-refractivity contribution in [2.45, 2.75) is 24.4 Å². The molecule has 2 rings (SSSR count). The van der Waals surface area contributed by atoms with Crippen LogP contribution in [0.1, 0.15) is 24.3 Å². The topological polar surface area (TPSA) is 29.5 Å². The van der Waals surface area contributed by atoms with Gasteiger partial charge in [-0.15, -0.1) is 6.58 Å². The Bertz CT molecular complexity index is 347. The molecule has 1 aliphatic carbocycles. The fourth-order valence-electron chi connectivity index (χ4n) is 2.07. The molecule has 1 aromatic carbocycles. The molecule has 2 heteroatoms. The molecule has 0 bridgehead atoms. The molecular weight excluding hydrogens is 188 g/mol. The number of methoxy groups -OCH3 is 1. The lowest BCUT2D eigenvalue weighted by Gasteiger charge is -2.41. The normalized spacial score (nSPS) is 29.3. The van der Waals surface area contributed by atoms with E-state index in [9.17, 15) is 5.11 Å². The minimum atomic E-state index is -0.634. The van der Waals surface area contributed by atoms with Gasteiger partial charge in [-0.2, -0.15) is 0 Å². The Morgan fingerprint density at radius 1 is 1.40 bits per heavy atom. The van der Waals surface area contributed by atoms with Gasteiger partial charge in [0.05, 0.1) is 12.7 Å². The van der Waals surface area contributed by atoms with E-state index in [-0.39, 0.29) is 0 Å². The van der Waals surface area contributed by atoms with E-state index in [2.05, 4.69) is 18.7 Å². The third-order valence-electron chi connectivity index (χ3n) is 3.17. The van der Waals surface area contributed by atoms with Crippen molar-refractivity contribution >= 4 is 0 Å². The van der Waals surface area contributed by atoms with Crippen molar-refractivity contribution in [3.63, 3.8) is 0 Å². The zero-order chi connectivity index (χ0) is 10.9. The number of hydrogen-bond acceptors (Lipinski definition) is 2. The number of rotatable bonds is 3. The molecule has 15 heavy (non-hydrogen) atoms. The van der Waals surface area contributed by atoms with Crippen LogP contribution in [0.25, 0.3) is 0 Å². The Kier molecular flexibility index (Phi) is 2.53. The van der Waals surface area contributed by atoms with E-state index in [1.807, 2.05) is 12.1 Å². The zero-order valence-corrected chi connectivity index (χ0v) is 8.94. The molecule has 1 N–H and O–H groups in total. The average Bonchev–Trinajstić information content (AvgIpc) is 2.25. The van der Waals surface area contributed by atoms with Gasteiger partial charge in [0.1, 0.15) is 5.75 Å². The summed E-state index contributed by atoms with van der Waals surface area (Å²) in [5, 5.41) is 9.81. The summed E-state index contributed by atoms with van der Waals surface area (Å²) in [6.07, 6.45) is 3.21. The van der Waals surface area contributed by atoms with Gasteiger partial charge in [-0.1, -0.05) is 18.2 Å². The van der Waals surface area contributed by atoms with E-state index in [1.165, 1.54) is 5.56 Å². The van der Waals surface area contributed by atoms with Crippen LogP contribution in [0.2, 0.25) is 0 Å². The second kappa shape index (κ2) is 3.70. The van der Waals surface area contributed by atoms with E-state index in [4.69, 9.17) is 4.74 Å². The molecule has 0 spiro atoms. The highest BCUT2D eigenvalue weighted by molar-refractivity contribution is 5.32. The van der Waals surface area contributed by atoms with E-state index in [0.29, 0.717) is 5.92 Å². The molecule has 1 fully saturated rings. The molecule has 0 heterocycles. The van der Waals surface area contributed by atoms with Gasteiger partial charge >= 0.3 is 0 Å². The number of ether oxygens (including phenoxy) is 1. The molecule has 0 aromatic heterocycles. The predicted octanol–water partition coefficient (Wildman–Crippen LogP) is 2.49. The molecule has 80 valence electrons. The maximum atomic E-state index is 9.81. The largest absolute Gasteiger partial charge is 0.497 e. The third kappa shape index (κ3) is 1.90. The molecule has 0 aliphatic heterocycles. The first-order valence-electron chi connectivity index (χ1n) is 5.17. The average molecular weight is 204 g/mol. The van der Waals surface area contributed by atoms with Crippen molar-refractivity contribution in [1.82, 2.24) is 0 Å². The van der Waals surface area contributed by atoms with E-state index in [1.54, 1.807) is 13.2 Å². The van der Waals surface area contributed by atoms with Gasteiger partial charge in [0.15, 0.2) is 0 Å². The monoisotopic (exact) mass is 204 g/mol. The first-order valence-corrected chi connectivity index (χ1v) is 5.17. The Balaban J connectivity index is 2.04. The highest BCUT2D eigenvalue weighted by Crippen LogP contribution is 2.45. The Hall–Kier alpha value is -1.28. The van der Waals surface area contributed by atoms with Crippen LogP contribution in [0.3, 0.4) is 0 Å². The summed E-state index contributed by atoms with van der Waals surface area (Å²) in [7, 11) is 1.66. The van der Waals surface area contributed by atoms with Gasteiger partial charge in [0.2, 0.25) is 0 Å². The van der Waals surface area contributed by atoms with Crippen LogP contribution in [0, 0.1) is 0 Å². The van der Waals surface area contributed by atoms with Gasteiger partial charge in [-0.3, -0.25) is 0 Å². The van der Waals surface area contributed by atoms with Gasteiger partial charge in [-0.05, 0) is 36.5 Å². The fourth-order valence-corrected chi connectivity index (χ4v) is 2.07. The highest BCUT2D eigenvalue weighted by atomic mass is 16.5. The maximum absolute atomic E-state index is 9.81. The van der Waals surface area contributed by atoms with Crippen LogP contribution < -0.4 is 4.74 Å². The molecule has 1 saturated carbocycles. The summed E-state index contributed by atoms with van der Waals surface area (Å²) in [4.78, 5) is 0. The quantitative estimate of drug-likeness (QED) is 0.766. The SMILES string of the molecule is C=C[C@]1(O)C[C@H](c2ccc(OC)cc2)C1. The van der Waals surface area contributed by atoms with Crippen LogP contribution in [-0.4, -0.2) is 17.8 Å². The van der Waals surface area contributed by atoms with Crippen molar-refractivity contribution < 1.29 is 9.84 Å². The molecule has 0 radical (unpaired) electrons. The van der Waals surface area contributed by atoms with Crippen LogP contribution in [0.4, 0.5) is 0 Å². The third-order valence-corrected chi connectivity index (χ3v) is 3.17. The van der Waals surface area contributed by atoms with Crippen LogP contribution in [-0.2, 0) is 0 Å². The summed E-state index contributed by atoms with van der Waals surface area (Å²) in [5.41, 5.74) is 0.632. The maximum Gasteiger partial charge on any atom is 0.118 e. The Morgan fingerprint density at radius 3 is 2.47 bits per heavy atom. The second-order valence-corrected chi connectivity index (χ2v) is 4.19. The fraction of sp³-hybridized carbons (Fsp3) is 0.385. The number of hydrogen-bond donors (Lipinski definition) is 1. The summed E-state index contributed by atoms with van der Waals surface area (Å²) < 4.78 is 5.10. The summed E-state index contributed by atoms with van der Waals surface area (Å²) in [6, 6.07) is 8.04. The molecule has 2 nitrogen and oxygen atoms in total. The zero-order valence-electron chi connectivity index (χ0n) is 8.94. The molecular formula is C13H16O2. The standard InChI is InChI=1S/C13H16O2/c1-3-13(14)8-11(9-13)10-4-6-12(15-2)7-5-10/h3-7,11,14H,1,8-9H2,2H3/t11-,13-. The van der Waals surface area contributed by atoms with Gasteiger partial charge in [-0.25, -0.2) is 0 Å². The Labute approximate surface area is 90.2 Å². The van der Waals surface area contributed by atoms with Gasteiger partial charge in [0, 0.05) is 0 Å².